The van der Waals surface area contributed by atoms with Gasteiger partial charge in [-0.3, -0.25) is 30.0 Å². The summed E-state index contributed by atoms with van der Waals surface area (Å²) in [5, 5.41) is 73.9. The van der Waals surface area contributed by atoms with E-state index in [2.05, 4.69) is 34.2 Å². The number of non-ortho nitro benzene ring substituents is 2. The van der Waals surface area contributed by atoms with E-state index >= 15 is 0 Å². The molecule has 0 aliphatic carbocycles. The Morgan fingerprint density at radius 3 is 1.89 bits per heavy atom. The summed E-state index contributed by atoms with van der Waals surface area (Å²) in [5.41, 5.74) is 1.64. The fraction of sp³-hybridized carbons (Fsp3) is 0.105. The quantitative estimate of drug-likeness (QED) is 0.0428. The number of phenols is 4. The Balaban J connectivity index is 0.000000227. The number of nitro groups is 2. The molecule has 0 unspecified atom stereocenters. The third-order valence-electron chi connectivity index (χ3n) is 7.59. The van der Waals surface area contributed by atoms with Crippen molar-refractivity contribution in [2.45, 2.75) is 26.7 Å². The van der Waals surface area contributed by atoms with Crippen molar-refractivity contribution < 1.29 is 52.4 Å². The summed E-state index contributed by atoms with van der Waals surface area (Å²) in [6.07, 6.45) is 1.74. The predicted octanol–water partition coefficient (Wildman–Crippen LogP) is 9.66. The van der Waals surface area contributed by atoms with Crippen LogP contribution < -0.4 is 5.32 Å². The van der Waals surface area contributed by atoms with Gasteiger partial charge < -0.3 is 25.7 Å². The number of fused-ring (bicyclic) bond motifs is 2. The van der Waals surface area contributed by atoms with Crippen LogP contribution in [0.3, 0.4) is 0 Å². The van der Waals surface area contributed by atoms with Gasteiger partial charge in [-0.1, -0.05) is 61.9 Å². The fourth-order valence-corrected chi connectivity index (χ4v) is 5.15. The van der Waals surface area contributed by atoms with Gasteiger partial charge >= 0.3 is 0 Å². The first-order valence-electron chi connectivity index (χ1n) is 15.9. The summed E-state index contributed by atoms with van der Waals surface area (Å²) in [7, 11) is 0. The summed E-state index contributed by atoms with van der Waals surface area (Å²) in [6, 6.07) is 26.9. The number of rotatable bonds is 8. The molecule has 0 saturated heterocycles. The van der Waals surface area contributed by atoms with Crippen molar-refractivity contribution in [3.05, 3.63) is 129 Å². The molecule has 0 radical (unpaired) electrons. The first-order valence-corrected chi connectivity index (χ1v) is 15.9. The van der Waals surface area contributed by atoms with Crippen LogP contribution in [0.25, 0.3) is 21.5 Å². The summed E-state index contributed by atoms with van der Waals surface area (Å²) in [5.74, 6) is -0.234. The summed E-state index contributed by atoms with van der Waals surface area (Å²) >= 11 is 0. The number of nitrogens with zero attached hydrogens (tertiary/aromatic N) is 5. The van der Waals surface area contributed by atoms with E-state index in [1.165, 1.54) is 37.3 Å². The van der Waals surface area contributed by atoms with Gasteiger partial charge in [0.1, 0.15) is 40.1 Å². The van der Waals surface area contributed by atoms with E-state index in [-0.39, 0.29) is 69.0 Å². The number of nitro benzene ring substituents is 2. The van der Waals surface area contributed by atoms with Gasteiger partial charge in [0, 0.05) is 70.6 Å². The fourth-order valence-electron chi connectivity index (χ4n) is 5.15. The van der Waals surface area contributed by atoms with E-state index < -0.39 is 9.85 Å². The van der Waals surface area contributed by atoms with Crippen molar-refractivity contribution in [2.75, 3.05) is 5.32 Å². The molecule has 5 N–H and O–H groups in total. The molecule has 0 aliphatic rings. The largest absolute Gasteiger partial charge is 0.508 e. The normalized spacial score (nSPS) is 10.3. The number of hydrogen-bond acceptors (Lipinski definition) is 12. The average Bonchev–Trinajstić information content (AvgIpc) is 3.13. The van der Waals surface area contributed by atoms with Gasteiger partial charge in [0.25, 0.3) is 11.4 Å². The third kappa shape index (κ3) is 10.3. The Bertz CT molecular complexity index is 2370. The van der Waals surface area contributed by atoms with Gasteiger partial charge in [-0.2, -0.15) is 0 Å². The molecular weight excluding hydrogens is 736 g/mol. The number of aryl methyl sites for hydroxylation is 1. The second-order valence-corrected chi connectivity index (χ2v) is 11.3. The van der Waals surface area contributed by atoms with Crippen molar-refractivity contribution in [1.29, 1.82) is 0 Å². The van der Waals surface area contributed by atoms with Crippen LogP contribution in [-0.2, 0) is 28.6 Å². The number of carbonyl (C=O) groups excluding carboxylic acids is 1. The number of carbonyl (C=O) groups is 1. The number of phenolic OH excluding ortho intramolecular Hbond substituents is 4. The first kappa shape index (κ1) is 41.5. The molecule has 0 atom stereocenters. The Morgan fingerprint density at radius 1 is 0.722 bits per heavy atom. The second-order valence-electron chi connectivity index (χ2n) is 11.3. The molecule has 54 heavy (non-hydrogen) atoms. The molecule has 6 aromatic rings. The van der Waals surface area contributed by atoms with Crippen LogP contribution in [-0.4, -0.2) is 42.9 Å². The predicted molar refractivity (Wildman–Crippen MR) is 202 cm³/mol. The van der Waals surface area contributed by atoms with Crippen LogP contribution >= 0.6 is 0 Å². The van der Waals surface area contributed by atoms with Crippen LogP contribution in [0.2, 0.25) is 0 Å². The molecule has 15 nitrogen and oxygen atoms in total. The third-order valence-corrected chi connectivity index (χ3v) is 7.59. The van der Waals surface area contributed by atoms with Gasteiger partial charge in [0.2, 0.25) is 5.91 Å². The number of azo groups is 1. The van der Waals surface area contributed by atoms with Crippen molar-refractivity contribution in [3.63, 3.8) is 0 Å². The van der Waals surface area contributed by atoms with Gasteiger partial charge in [-0.25, -0.2) is 0 Å². The minimum Gasteiger partial charge on any atom is -0.508 e. The average molecular weight is 771 g/mol. The van der Waals surface area contributed by atoms with Crippen LogP contribution in [0.4, 0.5) is 34.1 Å². The molecule has 16 heteroatoms. The molecule has 1 amide bonds. The van der Waals surface area contributed by atoms with E-state index in [4.69, 9.17) is 5.11 Å². The van der Waals surface area contributed by atoms with Gasteiger partial charge in [0.05, 0.1) is 9.85 Å². The monoisotopic (exact) mass is 770 g/mol. The summed E-state index contributed by atoms with van der Waals surface area (Å²) < 4.78 is 0. The zero-order valence-corrected chi connectivity index (χ0v) is 30.2. The second kappa shape index (κ2) is 19.1. The van der Waals surface area contributed by atoms with Gasteiger partial charge in [-0.15, -0.1) is 10.2 Å². The SMILES string of the molecule is C=Nc1cc([N+](=O)[O-])ccc1O.CCCc1c(O)ccc2cccc(NC(C)=O)c12.O=[N+]([O-])c1ccc(O)c(N=Nc2c(O)ccc3ccccc23)c1.[Cr]. The van der Waals surface area contributed by atoms with Crippen LogP contribution in [0.15, 0.2) is 118 Å². The van der Waals surface area contributed by atoms with E-state index in [1.54, 1.807) is 24.3 Å². The summed E-state index contributed by atoms with van der Waals surface area (Å²) in [4.78, 5) is 34.5. The number of benzene rings is 6. The number of aliphatic imine (C=N–C) groups is 1. The number of hydrogen-bond donors (Lipinski definition) is 5. The number of nitrogens with one attached hydrogen (secondary N) is 1. The Kier molecular flexibility index (Phi) is 14.7. The maximum absolute atomic E-state index is 11.2. The first-order chi connectivity index (χ1) is 25.3. The molecule has 6 rings (SSSR count). The number of aromatic hydroxyl groups is 4. The zero-order valence-electron chi connectivity index (χ0n) is 28.9. The molecule has 0 aliphatic heterocycles. The van der Waals surface area contributed by atoms with E-state index in [9.17, 15) is 40.3 Å². The Labute approximate surface area is 319 Å². The van der Waals surface area contributed by atoms with E-state index in [1.807, 2.05) is 36.4 Å². The standard InChI is InChI=1S/C16H11N3O4.C15H17NO2.C7H6N2O3.Cr/c20-14-8-6-11(19(22)23)9-13(14)17-18-16-12-4-2-1-3-10(12)5-7-15(16)21;1-3-5-12-14(18)9-8-11-6-4-7-13(15(11)12)16-10(2)17;1-8-6-4-5(9(11)12)2-3-7(6)10;/h1-9,20-21H;4,6-9,18H,3,5H2,1-2H3,(H,16,17);2-4,10H,1H2;. The van der Waals surface area contributed by atoms with Crippen molar-refractivity contribution in [1.82, 2.24) is 0 Å². The van der Waals surface area contributed by atoms with E-state index in [0.29, 0.717) is 11.1 Å². The number of amides is 1. The molecule has 0 aromatic heterocycles. The number of anilines is 1. The smallest absolute Gasteiger partial charge is 0.271 e. The zero-order chi connectivity index (χ0) is 38.7. The maximum Gasteiger partial charge on any atom is 0.271 e. The van der Waals surface area contributed by atoms with Crippen LogP contribution in [0, 0.1) is 20.2 Å². The van der Waals surface area contributed by atoms with Gasteiger partial charge in [0.15, 0.2) is 0 Å². The molecule has 0 heterocycles. The van der Waals surface area contributed by atoms with Crippen LogP contribution in [0.5, 0.6) is 23.0 Å². The molecule has 0 fully saturated rings. The Hall–Kier alpha value is -6.89. The van der Waals surface area contributed by atoms with Crippen LogP contribution in [0.1, 0.15) is 25.8 Å². The molecule has 6 aromatic carbocycles. The molecule has 0 saturated carbocycles. The Morgan fingerprint density at radius 2 is 1.28 bits per heavy atom. The molecule has 0 spiro atoms. The van der Waals surface area contributed by atoms with Crippen molar-refractivity contribution in [3.8, 4) is 23.0 Å². The molecule has 276 valence electrons. The van der Waals surface area contributed by atoms with E-state index in [0.717, 1.165) is 52.4 Å². The molecular formula is C38H34CrN6O9. The minimum atomic E-state index is -0.589. The van der Waals surface area contributed by atoms with Crippen molar-refractivity contribution in [2.24, 2.45) is 15.2 Å². The minimum absolute atomic E-state index is 0. The maximum atomic E-state index is 11.2. The summed E-state index contributed by atoms with van der Waals surface area (Å²) in [6.45, 7) is 6.72. The van der Waals surface area contributed by atoms with Crippen molar-refractivity contribution >= 4 is 68.3 Å². The molecule has 0 bridgehead atoms. The topological polar surface area (TPSA) is 233 Å². The van der Waals surface area contributed by atoms with Gasteiger partial charge in [-0.05, 0) is 54.2 Å².